The Labute approximate surface area is 131 Å². The lowest BCUT2D eigenvalue weighted by molar-refractivity contribution is 0.0948. The number of methoxy groups -OCH3 is 2. The van der Waals surface area contributed by atoms with Gasteiger partial charge in [0.1, 0.15) is 11.5 Å². The summed E-state index contributed by atoms with van der Waals surface area (Å²) >= 11 is 0. The largest absolute Gasteiger partial charge is 0.497 e. The topological polar surface area (TPSA) is 59.6 Å². The summed E-state index contributed by atoms with van der Waals surface area (Å²) in [5.41, 5.74) is 0.540. The van der Waals surface area contributed by atoms with Crippen molar-refractivity contribution in [1.82, 2.24) is 10.6 Å². The van der Waals surface area contributed by atoms with Crippen LogP contribution < -0.4 is 20.1 Å². The molecule has 0 radical (unpaired) electrons. The number of hydrogen-bond acceptors (Lipinski definition) is 4. The maximum Gasteiger partial charge on any atom is 0.255 e. The van der Waals surface area contributed by atoms with Gasteiger partial charge >= 0.3 is 0 Å². The minimum Gasteiger partial charge on any atom is -0.497 e. The molecule has 1 unspecified atom stereocenters. The number of carbonyl (C=O) groups is 1. The third-order valence-corrected chi connectivity index (χ3v) is 3.65. The highest BCUT2D eigenvalue weighted by molar-refractivity contribution is 5.97. The van der Waals surface area contributed by atoms with Crippen molar-refractivity contribution < 1.29 is 14.3 Å². The van der Waals surface area contributed by atoms with E-state index in [0.29, 0.717) is 29.5 Å². The van der Waals surface area contributed by atoms with Gasteiger partial charge in [0.15, 0.2) is 0 Å². The molecule has 1 atom stereocenters. The summed E-state index contributed by atoms with van der Waals surface area (Å²) in [6, 6.07) is 5.21. The highest BCUT2D eigenvalue weighted by Crippen LogP contribution is 2.24. The lowest BCUT2D eigenvalue weighted by atomic mass is 10.1. The highest BCUT2D eigenvalue weighted by Gasteiger charge is 2.16. The molecule has 5 nitrogen and oxygen atoms in total. The Hall–Kier alpha value is -1.46. The number of carbonyl (C=O) groups excluding carboxylic acids is 1. The molecule has 1 heterocycles. The molecule has 2 rings (SSSR count). The van der Waals surface area contributed by atoms with E-state index in [1.807, 2.05) is 0 Å². The Bertz CT molecular complexity index is 462. The van der Waals surface area contributed by atoms with Gasteiger partial charge < -0.3 is 20.1 Å². The number of rotatable bonds is 6. The van der Waals surface area contributed by atoms with Gasteiger partial charge in [0.2, 0.25) is 0 Å². The smallest absolute Gasteiger partial charge is 0.255 e. The van der Waals surface area contributed by atoms with Gasteiger partial charge in [0.25, 0.3) is 5.91 Å². The Morgan fingerprint density at radius 3 is 2.81 bits per heavy atom. The van der Waals surface area contributed by atoms with E-state index in [1.165, 1.54) is 6.42 Å². The van der Waals surface area contributed by atoms with E-state index >= 15 is 0 Å². The minimum atomic E-state index is -0.101. The van der Waals surface area contributed by atoms with Crippen molar-refractivity contribution in [3.63, 3.8) is 0 Å². The molecule has 1 amide bonds. The number of halogens is 1. The van der Waals surface area contributed by atoms with Gasteiger partial charge in [0.05, 0.1) is 19.8 Å². The summed E-state index contributed by atoms with van der Waals surface area (Å²) in [4.78, 5) is 12.2. The monoisotopic (exact) mass is 314 g/mol. The molecule has 1 aromatic carbocycles. The molecule has 1 saturated heterocycles. The molecule has 21 heavy (non-hydrogen) atoms. The third kappa shape index (κ3) is 4.79. The van der Waals surface area contributed by atoms with E-state index in [9.17, 15) is 4.79 Å². The van der Waals surface area contributed by atoms with Crippen LogP contribution in [0, 0.1) is 5.92 Å². The maximum atomic E-state index is 12.2. The third-order valence-electron chi connectivity index (χ3n) is 3.65. The fraction of sp³-hybridized carbons (Fsp3) is 0.533. The van der Waals surface area contributed by atoms with Crippen LogP contribution in [0.15, 0.2) is 18.2 Å². The summed E-state index contributed by atoms with van der Waals surface area (Å²) < 4.78 is 10.4. The lowest BCUT2D eigenvalue weighted by Gasteiger charge is -2.12. The van der Waals surface area contributed by atoms with Crippen molar-refractivity contribution in [2.24, 2.45) is 5.92 Å². The first kappa shape index (κ1) is 17.6. The summed E-state index contributed by atoms with van der Waals surface area (Å²) in [6.07, 6.45) is 2.21. The minimum absolute atomic E-state index is 0. The Morgan fingerprint density at radius 2 is 2.19 bits per heavy atom. The van der Waals surface area contributed by atoms with Gasteiger partial charge in [0, 0.05) is 12.6 Å². The van der Waals surface area contributed by atoms with Crippen LogP contribution in [0.25, 0.3) is 0 Å². The zero-order valence-electron chi connectivity index (χ0n) is 12.5. The van der Waals surface area contributed by atoms with Gasteiger partial charge in [-0.2, -0.15) is 0 Å². The molecule has 2 N–H and O–H groups in total. The highest BCUT2D eigenvalue weighted by atomic mass is 35.5. The predicted molar refractivity (Wildman–Crippen MR) is 84.7 cm³/mol. The molecule has 0 aliphatic carbocycles. The van der Waals surface area contributed by atoms with Crippen LogP contribution in [0.5, 0.6) is 11.5 Å². The average molecular weight is 315 g/mol. The quantitative estimate of drug-likeness (QED) is 0.841. The molecule has 0 saturated carbocycles. The van der Waals surface area contributed by atoms with Crippen LogP contribution in [0.1, 0.15) is 23.2 Å². The van der Waals surface area contributed by atoms with E-state index < -0.39 is 0 Å². The summed E-state index contributed by atoms with van der Waals surface area (Å²) in [5, 5.41) is 6.28. The van der Waals surface area contributed by atoms with Gasteiger partial charge in [-0.1, -0.05) is 0 Å². The van der Waals surface area contributed by atoms with Crippen molar-refractivity contribution >= 4 is 18.3 Å². The fourth-order valence-corrected chi connectivity index (χ4v) is 2.43. The van der Waals surface area contributed by atoms with Crippen LogP contribution in [-0.2, 0) is 0 Å². The van der Waals surface area contributed by atoms with Crippen molar-refractivity contribution in [2.45, 2.75) is 12.8 Å². The molecule has 1 aliphatic heterocycles. The number of benzene rings is 1. The van der Waals surface area contributed by atoms with Gasteiger partial charge in [-0.3, -0.25) is 4.79 Å². The van der Waals surface area contributed by atoms with Gasteiger partial charge in [-0.15, -0.1) is 12.4 Å². The van der Waals surface area contributed by atoms with Crippen LogP contribution in [0.3, 0.4) is 0 Å². The molecule has 0 bridgehead atoms. The first-order valence-electron chi connectivity index (χ1n) is 6.95. The normalized spacial score (nSPS) is 17.0. The van der Waals surface area contributed by atoms with E-state index in [1.54, 1.807) is 32.4 Å². The van der Waals surface area contributed by atoms with E-state index in [4.69, 9.17) is 9.47 Å². The summed E-state index contributed by atoms with van der Waals surface area (Å²) in [5.74, 6) is 1.78. The first-order valence-corrected chi connectivity index (χ1v) is 6.95. The molecule has 1 fully saturated rings. The average Bonchev–Trinajstić information content (AvgIpc) is 2.99. The standard InChI is InChI=1S/C15H22N2O3.ClH/c1-19-12-3-4-13(14(9-12)20-2)15(18)17-8-6-11-5-7-16-10-11;/h3-4,9,11,16H,5-8,10H2,1-2H3,(H,17,18);1H. The number of amides is 1. The number of nitrogens with one attached hydrogen (secondary N) is 2. The van der Waals surface area contributed by atoms with E-state index in [0.717, 1.165) is 19.5 Å². The van der Waals surface area contributed by atoms with Crippen LogP contribution in [0.4, 0.5) is 0 Å². The lowest BCUT2D eigenvalue weighted by Crippen LogP contribution is -2.26. The molecule has 1 aromatic rings. The van der Waals surface area contributed by atoms with E-state index in [2.05, 4.69) is 10.6 Å². The van der Waals surface area contributed by atoms with Crippen molar-refractivity contribution in [3.8, 4) is 11.5 Å². The maximum absolute atomic E-state index is 12.2. The second-order valence-corrected chi connectivity index (χ2v) is 4.97. The summed E-state index contributed by atoms with van der Waals surface area (Å²) in [6.45, 7) is 2.84. The number of ether oxygens (including phenoxy) is 2. The van der Waals surface area contributed by atoms with E-state index in [-0.39, 0.29) is 18.3 Å². The predicted octanol–water partition coefficient (Wildman–Crippen LogP) is 1.85. The van der Waals surface area contributed by atoms with Crippen molar-refractivity contribution in [3.05, 3.63) is 23.8 Å². The Kier molecular flexibility index (Phi) is 7.32. The van der Waals surface area contributed by atoms with Crippen molar-refractivity contribution in [1.29, 1.82) is 0 Å². The second kappa shape index (κ2) is 8.74. The molecule has 118 valence electrons. The zero-order valence-corrected chi connectivity index (χ0v) is 13.3. The van der Waals surface area contributed by atoms with Crippen LogP contribution in [0.2, 0.25) is 0 Å². The summed E-state index contributed by atoms with van der Waals surface area (Å²) in [7, 11) is 3.14. The Morgan fingerprint density at radius 1 is 1.38 bits per heavy atom. The van der Waals surface area contributed by atoms with Gasteiger partial charge in [-0.05, 0) is 44.0 Å². The SMILES string of the molecule is COc1ccc(C(=O)NCCC2CCNC2)c(OC)c1.Cl. The zero-order chi connectivity index (χ0) is 14.4. The van der Waals surface area contributed by atoms with Crippen molar-refractivity contribution in [2.75, 3.05) is 33.9 Å². The molecular formula is C15H23ClN2O3. The molecule has 1 aliphatic rings. The fourth-order valence-electron chi connectivity index (χ4n) is 2.43. The van der Waals surface area contributed by atoms with Crippen LogP contribution in [-0.4, -0.2) is 39.8 Å². The molecular weight excluding hydrogens is 292 g/mol. The van der Waals surface area contributed by atoms with Crippen LogP contribution >= 0.6 is 12.4 Å². The first-order chi connectivity index (χ1) is 9.74. The second-order valence-electron chi connectivity index (χ2n) is 4.97. The molecule has 0 spiro atoms. The Balaban J connectivity index is 0.00000220. The van der Waals surface area contributed by atoms with Gasteiger partial charge in [-0.25, -0.2) is 0 Å². The molecule has 0 aromatic heterocycles. The molecule has 6 heteroatoms. The number of hydrogen-bond donors (Lipinski definition) is 2.